The number of hydrogen-bond acceptors (Lipinski definition) is 6. The topological polar surface area (TPSA) is 123 Å². The zero-order valence-electron chi connectivity index (χ0n) is 16.5. The van der Waals surface area contributed by atoms with Crippen molar-refractivity contribution in [2.75, 3.05) is 19.7 Å². The van der Waals surface area contributed by atoms with Crippen LogP contribution in [0.1, 0.15) is 24.1 Å². The first-order chi connectivity index (χ1) is 14.3. The standard InChI is InChI=1S/C20H25ClN4O4S/c1-2-29-18-8-5-14(11-17(18)21)19-16(12-24-25-19)20(26)23-10-9-13-3-6-15(7-4-13)30(22,27)28/h3-8,11,16,19,24-25H,2,9-10,12H2,1H3,(H,23,26)(H2,22,27,28). The van der Waals surface area contributed by atoms with Crippen LogP contribution in [-0.4, -0.2) is 34.0 Å². The number of sulfonamides is 1. The minimum Gasteiger partial charge on any atom is -0.492 e. The number of amides is 1. The molecule has 2 atom stereocenters. The first-order valence-corrected chi connectivity index (χ1v) is 11.5. The summed E-state index contributed by atoms with van der Waals surface area (Å²) < 4.78 is 28.1. The summed E-state index contributed by atoms with van der Waals surface area (Å²) >= 11 is 6.29. The van der Waals surface area contributed by atoms with Gasteiger partial charge >= 0.3 is 0 Å². The highest BCUT2D eigenvalue weighted by Gasteiger charge is 2.34. The normalized spacial score (nSPS) is 18.9. The van der Waals surface area contributed by atoms with E-state index in [0.29, 0.717) is 36.9 Å². The number of hydrogen-bond donors (Lipinski definition) is 4. The van der Waals surface area contributed by atoms with Crippen molar-refractivity contribution in [3.8, 4) is 5.75 Å². The van der Waals surface area contributed by atoms with Crippen molar-refractivity contribution in [1.82, 2.24) is 16.2 Å². The van der Waals surface area contributed by atoms with Crippen LogP contribution in [0.4, 0.5) is 0 Å². The lowest BCUT2D eigenvalue weighted by Gasteiger charge is -2.19. The summed E-state index contributed by atoms with van der Waals surface area (Å²) in [5, 5.41) is 8.55. The van der Waals surface area contributed by atoms with Crippen molar-refractivity contribution in [3.05, 3.63) is 58.6 Å². The van der Waals surface area contributed by atoms with E-state index in [9.17, 15) is 13.2 Å². The Labute approximate surface area is 181 Å². The Morgan fingerprint density at radius 3 is 2.63 bits per heavy atom. The Balaban J connectivity index is 1.57. The molecular weight excluding hydrogens is 428 g/mol. The van der Waals surface area contributed by atoms with Gasteiger partial charge in [0.1, 0.15) is 5.75 Å². The average Bonchev–Trinajstić information content (AvgIpc) is 3.19. The molecule has 1 aliphatic rings. The van der Waals surface area contributed by atoms with Gasteiger partial charge in [0.05, 0.1) is 28.5 Å². The second kappa shape index (κ2) is 9.76. The average molecular weight is 453 g/mol. The predicted octanol–water partition coefficient (Wildman–Crippen LogP) is 1.51. The van der Waals surface area contributed by atoms with Crippen LogP contribution in [0.2, 0.25) is 5.02 Å². The van der Waals surface area contributed by atoms with Gasteiger partial charge in [-0.25, -0.2) is 19.0 Å². The lowest BCUT2D eigenvalue weighted by atomic mass is 9.94. The SMILES string of the molecule is CCOc1ccc(C2NNCC2C(=O)NCCc2ccc(S(N)(=O)=O)cc2)cc1Cl. The Morgan fingerprint density at radius 1 is 1.27 bits per heavy atom. The number of halogens is 1. The molecule has 0 bridgehead atoms. The molecule has 2 aromatic rings. The van der Waals surface area contributed by atoms with Crippen molar-refractivity contribution in [3.63, 3.8) is 0 Å². The molecule has 30 heavy (non-hydrogen) atoms. The molecule has 3 rings (SSSR count). The number of nitrogens with two attached hydrogens (primary N) is 1. The van der Waals surface area contributed by atoms with Crippen molar-refractivity contribution < 1.29 is 17.9 Å². The number of benzene rings is 2. The van der Waals surface area contributed by atoms with Crippen LogP contribution in [0.15, 0.2) is 47.4 Å². The largest absolute Gasteiger partial charge is 0.492 e. The van der Waals surface area contributed by atoms with Gasteiger partial charge < -0.3 is 10.1 Å². The summed E-state index contributed by atoms with van der Waals surface area (Å²) in [6.07, 6.45) is 0.573. The van der Waals surface area contributed by atoms with Gasteiger partial charge in [-0.2, -0.15) is 0 Å². The fourth-order valence-electron chi connectivity index (χ4n) is 3.35. The van der Waals surface area contributed by atoms with Gasteiger partial charge in [0, 0.05) is 13.1 Å². The number of hydrazine groups is 1. The van der Waals surface area contributed by atoms with Gasteiger partial charge in [0.2, 0.25) is 15.9 Å². The maximum Gasteiger partial charge on any atom is 0.238 e. The summed E-state index contributed by atoms with van der Waals surface area (Å²) in [5.74, 6) is 0.232. The van der Waals surface area contributed by atoms with Crippen LogP contribution in [0.25, 0.3) is 0 Å². The third-order valence-corrected chi connectivity index (χ3v) is 6.12. The van der Waals surface area contributed by atoms with E-state index in [2.05, 4.69) is 16.2 Å². The summed E-state index contributed by atoms with van der Waals surface area (Å²) in [4.78, 5) is 12.8. The Morgan fingerprint density at radius 2 is 2.00 bits per heavy atom. The maximum atomic E-state index is 12.7. The number of carbonyl (C=O) groups is 1. The molecule has 1 heterocycles. The third kappa shape index (κ3) is 5.50. The van der Waals surface area contributed by atoms with Crippen LogP contribution >= 0.6 is 11.6 Å². The molecule has 162 valence electrons. The molecule has 0 aromatic heterocycles. The lowest BCUT2D eigenvalue weighted by molar-refractivity contribution is -0.124. The van der Waals surface area contributed by atoms with E-state index in [1.54, 1.807) is 18.2 Å². The molecule has 5 N–H and O–H groups in total. The number of primary sulfonamides is 1. The minimum atomic E-state index is -3.71. The third-order valence-electron chi connectivity index (χ3n) is 4.90. The smallest absolute Gasteiger partial charge is 0.238 e. The fourth-order valence-corrected chi connectivity index (χ4v) is 4.11. The zero-order valence-corrected chi connectivity index (χ0v) is 18.1. The van der Waals surface area contributed by atoms with Gasteiger partial charge in [0.15, 0.2) is 0 Å². The molecule has 0 aliphatic carbocycles. The van der Waals surface area contributed by atoms with E-state index in [1.165, 1.54) is 12.1 Å². The highest BCUT2D eigenvalue weighted by Crippen LogP contribution is 2.32. The minimum absolute atomic E-state index is 0.0650. The number of carbonyl (C=O) groups excluding carboxylic acids is 1. The quantitative estimate of drug-likeness (QED) is 0.481. The Hall–Kier alpha value is -2.17. The van der Waals surface area contributed by atoms with E-state index in [0.717, 1.165) is 11.1 Å². The van der Waals surface area contributed by atoms with Gasteiger partial charge in [0.25, 0.3) is 0 Å². The van der Waals surface area contributed by atoms with E-state index in [1.807, 2.05) is 19.1 Å². The van der Waals surface area contributed by atoms with E-state index in [4.69, 9.17) is 21.5 Å². The highest BCUT2D eigenvalue weighted by molar-refractivity contribution is 7.89. The summed E-state index contributed by atoms with van der Waals surface area (Å²) in [5.41, 5.74) is 7.97. The molecule has 1 amide bonds. The number of ether oxygens (including phenoxy) is 1. The van der Waals surface area contributed by atoms with Gasteiger partial charge in [-0.3, -0.25) is 10.2 Å². The summed E-state index contributed by atoms with van der Waals surface area (Å²) in [6, 6.07) is 11.6. The van der Waals surface area contributed by atoms with Crippen molar-refractivity contribution in [2.24, 2.45) is 11.1 Å². The van der Waals surface area contributed by atoms with E-state index < -0.39 is 10.0 Å². The van der Waals surface area contributed by atoms with Gasteiger partial charge in [-0.15, -0.1) is 0 Å². The van der Waals surface area contributed by atoms with E-state index in [-0.39, 0.29) is 22.8 Å². The van der Waals surface area contributed by atoms with Crippen LogP contribution in [-0.2, 0) is 21.2 Å². The first-order valence-electron chi connectivity index (χ1n) is 9.59. The van der Waals surface area contributed by atoms with Crippen LogP contribution in [0.3, 0.4) is 0 Å². The van der Waals surface area contributed by atoms with Gasteiger partial charge in [-0.05, 0) is 48.7 Å². The maximum absolute atomic E-state index is 12.7. The molecule has 1 saturated heterocycles. The Kier molecular flexibility index (Phi) is 7.32. The van der Waals surface area contributed by atoms with Gasteiger partial charge in [-0.1, -0.05) is 29.8 Å². The molecule has 0 radical (unpaired) electrons. The van der Waals surface area contributed by atoms with E-state index >= 15 is 0 Å². The molecule has 0 saturated carbocycles. The lowest BCUT2D eigenvalue weighted by Crippen LogP contribution is -2.36. The summed E-state index contributed by atoms with van der Waals surface area (Å²) in [7, 11) is -3.71. The number of nitrogens with one attached hydrogen (secondary N) is 3. The predicted molar refractivity (Wildman–Crippen MR) is 115 cm³/mol. The monoisotopic (exact) mass is 452 g/mol. The molecule has 1 aliphatic heterocycles. The molecule has 2 unspecified atom stereocenters. The highest BCUT2D eigenvalue weighted by atomic mass is 35.5. The molecular formula is C20H25ClN4O4S. The second-order valence-corrected chi connectivity index (χ2v) is 8.93. The number of rotatable bonds is 8. The fraction of sp³-hybridized carbons (Fsp3) is 0.350. The zero-order chi connectivity index (χ0) is 21.7. The molecule has 1 fully saturated rings. The first kappa shape index (κ1) is 22.5. The molecule has 8 nitrogen and oxygen atoms in total. The van der Waals surface area contributed by atoms with Crippen LogP contribution in [0.5, 0.6) is 5.75 Å². The molecule has 10 heteroatoms. The van der Waals surface area contributed by atoms with Crippen molar-refractivity contribution in [2.45, 2.75) is 24.3 Å². The molecule has 2 aromatic carbocycles. The van der Waals surface area contributed by atoms with Crippen LogP contribution < -0.4 is 26.0 Å². The van der Waals surface area contributed by atoms with Crippen LogP contribution in [0, 0.1) is 5.92 Å². The van der Waals surface area contributed by atoms with Crippen molar-refractivity contribution >= 4 is 27.5 Å². The summed E-state index contributed by atoms with van der Waals surface area (Å²) in [6.45, 7) is 3.34. The van der Waals surface area contributed by atoms with Crippen molar-refractivity contribution in [1.29, 1.82) is 0 Å². The molecule has 0 spiro atoms. The Bertz CT molecular complexity index is 998. The second-order valence-electron chi connectivity index (χ2n) is 6.96.